The normalized spacial score (nSPS) is 9.93. The summed E-state index contributed by atoms with van der Waals surface area (Å²) < 4.78 is 5.66. The number of anilines is 1. The van der Waals surface area contributed by atoms with E-state index < -0.39 is 0 Å². The van der Waals surface area contributed by atoms with Gasteiger partial charge in [0.2, 0.25) is 0 Å². The summed E-state index contributed by atoms with van der Waals surface area (Å²) in [7, 11) is 0. The molecule has 2 N–H and O–H groups in total. The number of nitrogen functional groups attached to an aromatic ring is 1. The number of hydrogen-bond donors (Lipinski definition) is 1. The zero-order chi connectivity index (χ0) is 10.7. The van der Waals surface area contributed by atoms with Crippen LogP contribution in [0.3, 0.4) is 0 Å². The van der Waals surface area contributed by atoms with Crippen LogP contribution in [-0.4, -0.2) is 0 Å². The number of rotatable bonds is 2. The van der Waals surface area contributed by atoms with Crippen molar-refractivity contribution in [3.05, 3.63) is 54.1 Å². The molecule has 2 rings (SSSR count). The third-order valence-electron chi connectivity index (χ3n) is 2.26. The predicted octanol–water partition coefficient (Wildman–Crippen LogP) is 3.37. The summed E-state index contributed by atoms with van der Waals surface area (Å²) in [5.74, 6) is 1.51. The molecular formula is C13H13NO. The molecule has 0 aromatic heterocycles. The van der Waals surface area contributed by atoms with Crippen molar-refractivity contribution in [3.8, 4) is 11.5 Å². The third-order valence-corrected chi connectivity index (χ3v) is 2.26. The number of ether oxygens (including phenoxy) is 1. The quantitative estimate of drug-likeness (QED) is 0.752. The predicted molar refractivity (Wildman–Crippen MR) is 62.1 cm³/mol. The van der Waals surface area contributed by atoms with Crippen LogP contribution in [0.15, 0.2) is 48.5 Å². The molecule has 0 aliphatic rings. The number of aryl methyl sites for hydroxylation is 1. The summed E-state index contributed by atoms with van der Waals surface area (Å²) in [6.07, 6.45) is 0. The van der Waals surface area contributed by atoms with E-state index in [9.17, 15) is 0 Å². The molecule has 2 nitrogen and oxygen atoms in total. The highest BCUT2D eigenvalue weighted by atomic mass is 16.5. The van der Waals surface area contributed by atoms with Gasteiger partial charge in [-0.1, -0.05) is 30.3 Å². The zero-order valence-corrected chi connectivity index (χ0v) is 8.60. The number of para-hydroxylation sites is 2. The van der Waals surface area contributed by atoms with Crippen molar-refractivity contribution < 1.29 is 4.74 Å². The average molecular weight is 199 g/mol. The summed E-state index contributed by atoms with van der Waals surface area (Å²) in [5, 5.41) is 0. The largest absolute Gasteiger partial charge is 0.455 e. The first-order valence-electron chi connectivity index (χ1n) is 4.85. The van der Waals surface area contributed by atoms with E-state index in [-0.39, 0.29) is 0 Å². The van der Waals surface area contributed by atoms with E-state index in [0.717, 1.165) is 11.3 Å². The van der Waals surface area contributed by atoms with Gasteiger partial charge < -0.3 is 10.5 Å². The second kappa shape index (κ2) is 4.05. The Kier molecular flexibility index (Phi) is 2.59. The lowest BCUT2D eigenvalue weighted by molar-refractivity contribution is 0.485. The van der Waals surface area contributed by atoms with Gasteiger partial charge in [-0.2, -0.15) is 0 Å². The second-order valence-electron chi connectivity index (χ2n) is 3.40. The van der Waals surface area contributed by atoms with Crippen LogP contribution in [0.4, 0.5) is 5.69 Å². The molecule has 2 aromatic carbocycles. The Morgan fingerprint density at radius 1 is 0.933 bits per heavy atom. The first-order valence-corrected chi connectivity index (χ1v) is 4.85. The van der Waals surface area contributed by atoms with Crippen LogP contribution < -0.4 is 10.5 Å². The lowest BCUT2D eigenvalue weighted by Crippen LogP contribution is -1.94. The molecule has 0 amide bonds. The highest BCUT2D eigenvalue weighted by molar-refractivity contribution is 5.58. The van der Waals surface area contributed by atoms with E-state index >= 15 is 0 Å². The molecule has 0 saturated carbocycles. The Balaban J connectivity index is 2.29. The van der Waals surface area contributed by atoms with Crippen LogP contribution >= 0.6 is 0 Å². The van der Waals surface area contributed by atoms with E-state index in [1.807, 2.05) is 55.5 Å². The maximum absolute atomic E-state index is 5.91. The third kappa shape index (κ3) is 2.10. The highest BCUT2D eigenvalue weighted by Gasteiger charge is 2.02. The Hall–Kier alpha value is -1.96. The van der Waals surface area contributed by atoms with Crippen LogP contribution in [0.5, 0.6) is 11.5 Å². The van der Waals surface area contributed by atoms with Gasteiger partial charge in [0.1, 0.15) is 5.75 Å². The van der Waals surface area contributed by atoms with Gasteiger partial charge in [0, 0.05) is 0 Å². The van der Waals surface area contributed by atoms with Crippen LogP contribution in [0.1, 0.15) is 5.56 Å². The number of hydrogen-bond acceptors (Lipinski definition) is 2. The molecule has 15 heavy (non-hydrogen) atoms. The monoisotopic (exact) mass is 199 g/mol. The Bertz CT molecular complexity index is 451. The van der Waals surface area contributed by atoms with Crippen LogP contribution in [0.2, 0.25) is 0 Å². The fourth-order valence-electron chi connectivity index (χ4n) is 1.36. The van der Waals surface area contributed by atoms with Gasteiger partial charge in [-0.15, -0.1) is 0 Å². The number of nitrogens with two attached hydrogens (primary N) is 1. The molecular weight excluding hydrogens is 186 g/mol. The fraction of sp³-hybridized carbons (Fsp3) is 0.0769. The van der Waals surface area contributed by atoms with E-state index in [1.54, 1.807) is 0 Å². The first-order chi connectivity index (χ1) is 7.27. The van der Waals surface area contributed by atoms with Crippen LogP contribution in [0, 0.1) is 6.92 Å². The van der Waals surface area contributed by atoms with Crippen molar-refractivity contribution >= 4 is 5.69 Å². The Morgan fingerprint density at radius 2 is 1.67 bits per heavy atom. The SMILES string of the molecule is Cc1cccc(Oc2ccccc2)c1N. The molecule has 2 aromatic rings. The summed E-state index contributed by atoms with van der Waals surface area (Å²) >= 11 is 0. The van der Waals surface area contributed by atoms with Crippen molar-refractivity contribution in [3.63, 3.8) is 0 Å². The van der Waals surface area contributed by atoms with E-state index in [4.69, 9.17) is 10.5 Å². The molecule has 0 aliphatic heterocycles. The summed E-state index contributed by atoms with van der Waals surface area (Å²) in [4.78, 5) is 0. The van der Waals surface area contributed by atoms with Crippen molar-refractivity contribution in [1.82, 2.24) is 0 Å². The molecule has 0 radical (unpaired) electrons. The molecule has 0 heterocycles. The van der Waals surface area contributed by atoms with E-state index in [0.29, 0.717) is 11.4 Å². The lowest BCUT2D eigenvalue weighted by atomic mass is 10.2. The molecule has 0 atom stereocenters. The second-order valence-corrected chi connectivity index (χ2v) is 3.40. The Labute approximate surface area is 89.3 Å². The van der Waals surface area contributed by atoms with Gasteiger partial charge in [0.25, 0.3) is 0 Å². The van der Waals surface area contributed by atoms with Gasteiger partial charge in [-0.3, -0.25) is 0 Å². The molecule has 0 bridgehead atoms. The minimum atomic E-state index is 0.696. The number of benzene rings is 2. The topological polar surface area (TPSA) is 35.2 Å². The van der Waals surface area contributed by atoms with Crippen molar-refractivity contribution in [2.45, 2.75) is 6.92 Å². The first kappa shape index (κ1) is 9.59. The van der Waals surface area contributed by atoms with Gasteiger partial charge in [0.05, 0.1) is 5.69 Å². The smallest absolute Gasteiger partial charge is 0.150 e. The fourth-order valence-corrected chi connectivity index (χ4v) is 1.36. The highest BCUT2D eigenvalue weighted by Crippen LogP contribution is 2.29. The molecule has 76 valence electrons. The van der Waals surface area contributed by atoms with Crippen molar-refractivity contribution in [1.29, 1.82) is 0 Å². The van der Waals surface area contributed by atoms with Gasteiger partial charge in [-0.05, 0) is 30.7 Å². The van der Waals surface area contributed by atoms with Gasteiger partial charge in [0.15, 0.2) is 5.75 Å². The lowest BCUT2D eigenvalue weighted by Gasteiger charge is -2.09. The maximum Gasteiger partial charge on any atom is 0.150 e. The minimum Gasteiger partial charge on any atom is -0.455 e. The Morgan fingerprint density at radius 3 is 2.40 bits per heavy atom. The van der Waals surface area contributed by atoms with Crippen molar-refractivity contribution in [2.75, 3.05) is 5.73 Å². The van der Waals surface area contributed by atoms with E-state index in [2.05, 4.69) is 0 Å². The van der Waals surface area contributed by atoms with Crippen molar-refractivity contribution in [2.24, 2.45) is 0 Å². The van der Waals surface area contributed by atoms with Gasteiger partial charge in [-0.25, -0.2) is 0 Å². The average Bonchev–Trinajstić information content (AvgIpc) is 2.26. The van der Waals surface area contributed by atoms with Crippen LogP contribution in [0.25, 0.3) is 0 Å². The minimum absolute atomic E-state index is 0.696. The zero-order valence-electron chi connectivity index (χ0n) is 8.60. The van der Waals surface area contributed by atoms with Gasteiger partial charge >= 0.3 is 0 Å². The standard InChI is InChI=1S/C13H13NO/c1-10-6-5-9-12(13(10)14)15-11-7-3-2-4-8-11/h2-9H,14H2,1H3. The molecule has 0 spiro atoms. The van der Waals surface area contributed by atoms with Crippen LogP contribution in [-0.2, 0) is 0 Å². The summed E-state index contributed by atoms with van der Waals surface area (Å²) in [6, 6.07) is 15.4. The maximum atomic E-state index is 5.91. The molecule has 0 unspecified atom stereocenters. The molecule has 0 fully saturated rings. The summed E-state index contributed by atoms with van der Waals surface area (Å²) in [6.45, 7) is 1.97. The molecule has 0 saturated heterocycles. The molecule has 2 heteroatoms. The summed E-state index contributed by atoms with van der Waals surface area (Å²) in [5.41, 5.74) is 7.63. The molecule has 0 aliphatic carbocycles. The van der Waals surface area contributed by atoms with E-state index in [1.165, 1.54) is 0 Å².